The number of aliphatic imine (C=N–C) groups is 1. The molecule has 0 saturated carbocycles. The molecule has 0 fully saturated rings. The van der Waals surface area contributed by atoms with Crippen LogP contribution >= 0.6 is 0 Å². The Hall–Kier alpha value is -5.99. The molecule has 0 unspecified atom stereocenters. The fourth-order valence-electron chi connectivity index (χ4n) is 6.32. The lowest BCUT2D eigenvalue weighted by molar-refractivity contribution is 0.473. The summed E-state index contributed by atoms with van der Waals surface area (Å²) in [6.07, 6.45) is 1.71. The van der Waals surface area contributed by atoms with Crippen LogP contribution < -0.4 is 0 Å². The molecule has 1 heterocycles. The maximum atomic E-state index is 10.6. The molecule has 0 amide bonds. The molecule has 0 aliphatic heterocycles. The van der Waals surface area contributed by atoms with Gasteiger partial charge in [-0.25, -0.2) is 4.98 Å². The van der Waals surface area contributed by atoms with Crippen LogP contribution in [-0.2, 0) is 10.8 Å². The zero-order valence-corrected chi connectivity index (χ0v) is 29.2. The third-order valence-electron chi connectivity index (χ3n) is 9.27. The van der Waals surface area contributed by atoms with Gasteiger partial charge in [0.25, 0.3) is 0 Å². The van der Waals surface area contributed by atoms with E-state index in [1.807, 2.05) is 60.7 Å². The third-order valence-corrected chi connectivity index (χ3v) is 9.27. The molecular formula is C45H39N3O2. The summed E-state index contributed by atoms with van der Waals surface area (Å²) < 4.78 is 6.60. The third kappa shape index (κ3) is 6.17. The number of nitriles is 1. The Morgan fingerprint density at radius 2 is 1.34 bits per heavy atom. The molecule has 0 radical (unpaired) electrons. The molecule has 5 heteroatoms. The minimum absolute atomic E-state index is 0.0642. The molecule has 0 atom stereocenters. The molecular weight excluding hydrogens is 615 g/mol. The highest BCUT2D eigenvalue weighted by molar-refractivity contribution is 6.08. The second-order valence-corrected chi connectivity index (χ2v) is 14.8. The number of rotatable bonds is 5. The molecule has 0 saturated heterocycles. The number of benzene rings is 6. The summed E-state index contributed by atoms with van der Waals surface area (Å²) in [5.41, 5.74) is 10.5. The quantitative estimate of drug-likeness (QED) is 0.187. The van der Waals surface area contributed by atoms with Gasteiger partial charge in [0.1, 0.15) is 11.3 Å². The number of aromatic hydroxyl groups is 1. The van der Waals surface area contributed by atoms with Gasteiger partial charge in [-0.15, -0.1) is 0 Å². The summed E-state index contributed by atoms with van der Waals surface area (Å²) in [6.45, 7) is 13.1. The normalized spacial score (nSPS) is 12.2. The first kappa shape index (κ1) is 32.6. The lowest BCUT2D eigenvalue weighted by atomic mass is 9.84. The van der Waals surface area contributed by atoms with E-state index in [4.69, 9.17) is 14.4 Å². The summed E-state index contributed by atoms with van der Waals surface area (Å²) >= 11 is 0. The Morgan fingerprint density at radius 3 is 2.04 bits per heavy atom. The topological polar surface area (TPSA) is 82.4 Å². The van der Waals surface area contributed by atoms with Crippen molar-refractivity contribution < 1.29 is 9.52 Å². The van der Waals surface area contributed by atoms with Gasteiger partial charge in [0.05, 0.1) is 22.9 Å². The minimum atomic E-state index is -0.139. The molecule has 0 bridgehead atoms. The Labute approximate surface area is 293 Å². The summed E-state index contributed by atoms with van der Waals surface area (Å²) in [7, 11) is 0. The van der Waals surface area contributed by atoms with E-state index in [9.17, 15) is 10.4 Å². The van der Waals surface area contributed by atoms with Gasteiger partial charge in [0.2, 0.25) is 5.89 Å². The van der Waals surface area contributed by atoms with Crippen molar-refractivity contribution in [3.63, 3.8) is 0 Å². The van der Waals surface area contributed by atoms with Gasteiger partial charge in [0, 0.05) is 17.3 Å². The Bertz CT molecular complexity index is 2470. The second-order valence-electron chi connectivity index (χ2n) is 14.8. The molecule has 1 aromatic heterocycles. The molecule has 50 heavy (non-hydrogen) atoms. The lowest BCUT2D eigenvalue weighted by Crippen LogP contribution is -2.11. The molecule has 246 valence electrons. The summed E-state index contributed by atoms with van der Waals surface area (Å²) in [4.78, 5) is 9.98. The monoisotopic (exact) mass is 653 g/mol. The van der Waals surface area contributed by atoms with Crippen LogP contribution in [0.2, 0.25) is 0 Å². The first-order valence-corrected chi connectivity index (χ1v) is 16.9. The fraction of sp³-hybridized carbons (Fsp3) is 0.178. The predicted molar refractivity (Wildman–Crippen MR) is 205 cm³/mol. The van der Waals surface area contributed by atoms with Crippen LogP contribution in [0.15, 0.2) is 125 Å². The van der Waals surface area contributed by atoms with Crippen molar-refractivity contribution in [1.82, 2.24) is 4.98 Å². The van der Waals surface area contributed by atoms with E-state index in [1.165, 1.54) is 0 Å². The van der Waals surface area contributed by atoms with Gasteiger partial charge in [-0.05, 0) is 98.0 Å². The van der Waals surface area contributed by atoms with E-state index in [0.29, 0.717) is 28.3 Å². The number of nitrogens with zero attached hydrogens (tertiary/aromatic N) is 3. The number of oxazole rings is 1. The van der Waals surface area contributed by atoms with Gasteiger partial charge in [0.15, 0.2) is 5.58 Å². The van der Waals surface area contributed by atoms with Crippen molar-refractivity contribution in [3.05, 3.63) is 138 Å². The molecule has 7 aromatic rings. The van der Waals surface area contributed by atoms with Crippen molar-refractivity contribution >= 4 is 33.8 Å². The van der Waals surface area contributed by atoms with Crippen molar-refractivity contribution in [2.24, 2.45) is 4.99 Å². The van der Waals surface area contributed by atoms with E-state index >= 15 is 0 Å². The van der Waals surface area contributed by atoms with Crippen LogP contribution in [0.3, 0.4) is 0 Å². The van der Waals surface area contributed by atoms with Crippen molar-refractivity contribution in [2.75, 3.05) is 0 Å². The molecule has 7 rings (SSSR count). The van der Waals surface area contributed by atoms with Crippen molar-refractivity contribution in [3.8, 4) is 45.5 Å². The smallest absolute Gasteiger partial charge is 0.229 e. The van der Waals surface area contributed by atoms with E-state index in [2.05, 4.69) is 96.1 Å². The molecule has 0 spiro atoms. The van der Waals surface area contributed by atoms with Gasteiger partial charge in [-0.2, -0.15) is 5.26 Å². The Balaban J connectivity index is 1.38. The number of para-hydroxylation sites is 1. The highest BCUT2D eigenvalue weighted by Gasteiger charge is 2.23. The van der Waals surface area contributed by atoms with E-state index in [1.54, 1.807) is 12.3 Å². The van der Waals surface area contributed by atoms with Gasteiger partial charge >= 0.3 is 0 Å². The number of phenolic OH excluding ortho intramolecular Hbond substituents is 1. The maximum absolute atomic E-state index is 10.6. The van der Waals surface area contributed by atoms with Crippen LogP contribution in [0.25, 0.3) is 55.6 Å². The summed E-state index contributed by atoms with van der Waals surface area (Å²) in [5, 5.41) is 22.2. The Kier molecular flexibility index (Phi) is 8.12. The zero-order valence-electron chi connectivity index (χ0n) is 29.2. The summed E-state index contributed by atoms with van der Waals surface area (Å²) in [5.74, 6) is 0.657. The number of phenols is 1. The van der Waals surface area contributed by atoms with E-state index in [0.717, 1.165) is 55.2 Å². The predicted octanol–water partition coefficient (Wildman–Crippen LogP) is 11.9. The van der Waals surface area contributed by atoms with Gasteiger partial charge in [-0.3, -0.25) is 4.99 Å². The molecule has 6 aromatic carbocycles. The minimum Gasteiger partial charge on any atom is -0.507 e. The van der Waals surface area contributed by atoms with Gasteiger partial charge in [-0.1, -0.05) is 108 Å². The molecule has 5 nitrogen and oxygen atoms in total. The van der Waals surface area contributed by atoms with Gasteiger partial charge < -0.3 is 9.52 Å². The highest BCUT2D eigenvalue weighted by atomic mass is 16.3. The molecule has 0 aliphatic rings. The first-order chi connectivity index (χ1) is 23.9. The average molecular weight is 654 g/mol. The van der Waals surface area contributed by atoms with Crippen LogP contribution in [0, 0.1) is 11.3 Å². The molecule has 0 aliphatic carbocycles. The van der Waals surface area contributed by atoms with Crippen molar-refractivity contribution in [2.45, 2.75) is 52.4 Å². The van der Waals surface area contributed by atoms with Crippen LogP contribution in [0.5, 0.6) is 5.75 Å². The van der Waals surface area contributed by atoms with Crippen LogP contribution in [0.1, 0.15) is 63.8 Å². The zero-order chi connectivity index (χ0) is 35.2. The second kappa shape index (κ2) is 12.5. The standard InChI is InChI=1S/C45H39N3O2/c1-44(2,3)31-19-22-40(49)30(23-31)27-47-39-14-10-9-13-37(39)43-48-42-38(24-32(45(4,5)6)25-41(42)50-43)36-21-20-33(34-11-7-8-12-35(34)36)29-17-15-28(26-46)16-18-29/h7-25,27,49H,1-6H3. The Morgan fingerprint density at radius 1 is 0.680 bits per heavy atom. The SMILES string of the molecule is CC(C)(C)c1ccc(O)c(C=Nc2ccccc2-c2nc3c(-c4ccc(-c5ccc(C#N)cc5)c5ccccc45)cc(C(C)(C)C)cc3o2)c1. The van der Waals surface area contributed by atoms with Crippen molar-refractivity contribution in [1.29, 1.82) is 5.26 Å². The lowest BCUT2D eigenvalue weighted by Gasteiger charge is -2.20. The fourth-order valence-corrected chi connectivity index (χ4v) is 6.32. The van der Waals surface area contributed by atoms with E-state index < -0.39 is 0 Å². The number of hydrogen-bond acceptors (Lipinski definition) is 5. The number of aromatic nitrogens is 1. The first-order valence-electron chi connectivity index (χ1n) is 16.9. The van der Waals surface area contributed by atoms with E-state index in [-0.39, 0.29) is 16.6 Å². The summed E-state index contributed by atoms with van der Waals surface area (Å²) in [6, 6.07) is 40.5. The largest absolute Gasteiger partial charge is 0.507 e. The maximum Gasteiger partial charge on any atom is 0.229 e. The van der Waals surface area contributed by atoms with Crippen LogP contribution in [0.4, 0.5) is 5.69 Å². The molecule has 1 N–H and O–H groups in total. The number of hydrogen-bond donors (Lipinski definition) is 1. The van der Waals surface area contributed by atoms with Crippen LogP contribution in [-0.4, -0.2) is 16.3 Å². The highest BCUT2D eigenvalue weighted by Crippen LogP contribution is 2.42. The average Bonchev–Trinajstić information content (AvgIpc) is 3.54. The number of fused-ring (bicyclic) bond motifs is 2.